The molecule has 2 saturated carbocycles. The summed E-state index contributed by atoms with van der Waals surface area (Å²) in [6.07, 6.45) is 9.41. The predicted molar refractivity (Wildman–Crippen MR) is 65.1 cm³/mol. The SMILES string of the molecule is O=C(NC1CCC(Br)CC1)C1CCCC1. The summed E-state index contributed by atoms with van der Waals surface area (Å²) in [6.45, 7) is 0. The van der Waals surface area contributed by atoms with Gasteiger partial charge < -0.3 is 5.32 Å². The first-order valence-electron chi connectivity index (χ1n) is 6.20. The Kier molecular flexibility index (Phi) is 4.06. The van der Waals surface area contributed by atoms with Crippen molar-refractivity contribution in [1.82, 2.24) is 5.32 Å². The molecule has 2 fully saturated rings. The molecule has 0 atom stereocenters. The number of amides is 1. The Morgan fingerprint density at radius 2 is 1.60 bits per heavy atom. The van der Waals surface area contributed by atoms with Crippen LogP contribution in [0.15, 0.2) is 0 Å². The van der Waals surface area contributed by atoms with Crippen molar-refractivity contribution in [3.05, 3.63) is 0 Å². The summed E-state index contributed by atoms with van der Waals surface area (Å²) in [4.78, 5) is 12.6. The zero-order chi connectivity index (χ0) is 10.7. The molecular formula is C12H20BrNO. The van der Waals surface area contributed by atoms with E-state index in [1.165, 1.54) is 25.7 Å². The van der Waals surface area contributed by atoms with Gasteiger partial charge in [-0.25, -0.2) is 0 Å². The highest BCUT2D eigenvalue weighted by Crippen LogP contribution is 2.27. The van der Waals surface area contributed by atoms with Gasteiger partial charge in [-0.1, -0.05) is 28.8 Å². The molecule has 2 aliphatic rings. The minimum atomic E-state index is 0.325. The van der Waals surface area contributed by atoms with E-state index in [-0.39, 0.29) is 0 Å². The van der Waals surface area contributed by atoms with Gasteiger partial charge in [0.15, 0.2) is 0 Å². The van der Waals surface area contributed by atoms with Crippen LogP contribution < -0.4 is 5.32 Å². The highest BCUT2D eigenvalue weighted by Gasteiger charge is 2.26. The summed E-state index contributed by atoms with van der Waals surface area (Å²) in [5.41, 5.74) is 0. The number of hydrogen-bond acceptors (Lipinski definition) is 1. The maximum Gasteiger partial charge on any atom is 0.223 e. The first-order chi connectivity index (χ1) is 7.25. The zero-order valence-electron chi connectivity index (χ0n) is 9.18. The second kappa shape index (κ2) is 5.33. The fraction of sp³-hybridized carbons (Fsp3) is 0.917. The summed E-state index contributed by atoms with van der Waals surface area (Å²) in [7, 11) is 0. The van der Waals surface area contributed by atoms with Crippen LogP contribution in [0.5, 0.6) is 0 Å². The molecule has 0 heterocycles. The minimum Gasteiger partial charge on any atom is -0.353 e. The second-order valence-electron chi connectivity index (χ2n) is 4.94. The first-order valence-corrected chi connectivity index (χ1v) is 7.11. The lowest BCUT2D eigenvalue weighted by molar-refractivity contribution is -0.125. The third-order valence-electron chi connectivity index (χ3n) is 3.73. The molecule has 0 aromatic rings. The molecular weight excluding hydrogens is 254 g/mol. The van der Waals surface area contributed by atoms with E-state index in [2.05, 4.69) is 21.2 Å². The van der Waals surface area contributed by atoms with Crippen molar-refractivity contribution in [3.8, 4) is 0 Å². The minimum absolute atomic E-state index is 0.325. The van der Waals surface area contributed by atoms with Gasteiger partial charge in [0.05, 0.1) is 0 Å². The highest BCUT2D eigenvalue weighted by molar-refractivity contribution is 9.09. The summed E-state index contributed by atoms with van der Waals surface area (Å²) in [6, 6.07) is 0.451. The van der Waals surface area contributed by atoms with Crippen LogP contribution in [0.25, 0.3) is 0 Å². The quantitative estimate of drug-likeness (QED) is 0.770. The molecule has 2 nitrogen and oxygen atoms in total. The van der Waals surface area contributed by atoms with E-state index in [1.54, 1.807) is 0 Å². The van der Waals surface area contributed by atoms with Crippen molar-refractivity contribution >= 4 is 21.8 Å². The Bertz CT molecular complexity index is 218. The van der Waals surface area contributed by atoms with Gasteiger partial charge in [-0.05, 0) is 38.5 Å². The molecule has 1 N–H and O–H groups in total. The number of rotatable bonds is 2. The van der Waals surface area contributed by atoms with E-state index in [0.29, 0.717) is 22.7 Å². The third kappa shape index (κ3) is 3.20. The molecule has 0 aromatic carbocycles. The van der Waals surface area contributed by atoms with Gasteiger partial charge in [-0.2, -0.15) is 0 Å². The normalized spacial score (nSPS) is 32.9. The molecule has 0 radical (unpaired) electrons. The summed E-state index contributed by atoms with van der Waals surface area (Å²) < 4.78 is 0. The van der Waals surface area contributed by atoms with Gasteiger partial charge in [0.25, 0.3) is 0 Å². The van der Waals surface area contributed by atoms with Crippen LogP contribution in [0.4, 0.5) is 0 Å². The van der Waals surface area contributed by atoms with Crippen LogP contribution in [0.2, 0.25) is 0 Å². The van der Waals surface area contributed by atoms with Gasteiger partial charge in [0.1, 0.15) is 0 Å². The number of hydrogen-bond donors (Lipinski definition) is 1. The molecule has 86 valence electrons. The molecule has 0 spiro atoms. The van der Waals surface area contributed by atoms with Crippen molar-refractivity contribution < 1.29 is 4.79 Å². The lowest BCUT2D eigenvalue weighted by atomic mass is 9.94. The smallest absolute Gasteiger partial charge is 0.223 e. The van der Waals surface area contributed by atoms with E-state index < -0.39 is 0 Å². The fourth-order valence-corrected chi connectivity index (χ4v) is 3.23. The molecule has 0 bridgehead atoms. The lowest BCUT2D eigenvalue weighted by Gasteiger charge is -2.27. The van der Waals surface area contributed by atoms with Gasteiger partial charge >= 0.3 is 0 Å². The lowest BCUT2D eigenvalue weighted by Crippen LogP contribution is -2.40. The topological polar surface area (TPSA) is 29.1 Å². The van der Waals surface area contributed by atoms with Gasteiger partial charge in [0, 0.05) is 16.8 Å². The molecule has 15 heavy (non-hydrogen) atoms. The second-order valence-corrected chi connectivity index (χ2v) is 6.23. The van der Waals surface area contributed by atoms with Gasteiger partial charge in [-0.15, -0.1) is 0 Å². The maximum absolute atomic E-state index is 11.9. The Labute approximate surface area is 100 Å². The van der Waals surface area contributed by atoms with Crippen molar-refractivity contribution in [3.63, 3.8) is 0 Å². The fourth-order valence-electron chi connectivity index (χ4n) is 2.70. The molecule has 2 aliphatic carbocycles. The number of nitrogens with one attached hydrogen (secondary N) is 1. The largest absolute Gasteiger partial charge is 0.353 e. The van der Waals surface area contributed by atoms with Crippen molar-refractivity contribution in [1.29, 1.82) is 0 Å². The van der Waals surface area contributed by atoms with E-state index >= 15 is 0 Å². The van der Waals surface area contributed by atoms with E-state index in [4.69, 9.17) is 0 Å². The summed E-state index contributed by atoms with van der Waals surface area (Å²) in [5, 5.41) is 3.22. The molecule has 0 saturated heterocycles. The molecule has 0 aliphatic heterocycles. The summed E-state index contributed by atoms with van der Waals surface area (Å²) in [5.74, 6) is 0.650. The Morgan fingerprint density at radius 3 is 2.20 bits per heavy atom. The van der Waals surface area contributed by atoms with Crippen molar-refractivity contribution in [2.75, 3.05) is 0 Å². The van der Waals surface area contributed by atoms with Gasteiger partial charge in [-0.3, -0.25) is 4.79 Å². The van der Waals surface area contributed by atoms with Crippen molar-refractivity contribution in [2.45, 2.75) is 62.2 Å². The monoisotopic (exact) mass is 273 g/mol. The third-order valence-corrected chi connectivity index (χ3v) is 4.64. The standard InChI is InChI=1S/C12H20BrNO/c13-10-5-7-11(8-6-10)14-12(15)9-3-1-2-4-9/h9-11H,1-8H2,(H,14,15). The van der Waals surface area contributed by atoms with E-state index in [1.807, 2.05) is 0 Å². The average molecular weight is 274 g/mol. The van der Waals surface area contributed by atoms with E-state index in [9.17, 15) is 4.79 Å². The molecule has 0 aromatic heterocycles. The van der Waals surface area contributed by atoms with Crippen LogP contribution in [0.3, 0.4) is 0 Å². The highest BCUT2D eigenvalue weighted by atomic mass is 79.9. The van der Waals surface area contributed by atoms with Crippen LogP contribution in [-0.2, 0) is 4.79 Å². The van der Waals surface area contributed by atoms with E-state index in [0.717, 1.165) is 25.7 Å². The van der Waals surface area contributed by atoms with Crippen LogP contribution in [-0.4, -0.2) is 16.8 Å². The molecule has 2 rings (SSSR count). The molecule has 3 heteroatoms. The first kappa shape index (κ1) is 11.4. The van der Waals surface area contributed by atoms with Gasteiger partial charge in [0.2, 0.25) is 5.91 Å². The Hall–Kier alpha value is -0.0500. The van der Waals surface area contributed by atoms with Crippen molar-refractivity contribution in [2.24, 2.45) is 5.92 Å². The van der Waals surface area contributed by atoms with Crippen LogP contribution in [0, 0.1) is 5.92 Å². The Morgan fingerprint density at radius 1 is 1.00 bits per heavy atom. The molecule has 1 amide bonds. The van der Waals surface area contributed by atoms with Crippen LogP contribution in [0.1, 0.15) is 51.4 Å². The molecule has 0 unspecified atom stereocenters. The summed E-state index contributed by atoms with van der Waals surface area (Å²) >= 11 is 3.64. The maximum atomic E-state index is 11.9. The van der Waals surface area contributed by atoms with Crippen LogP contribution >= 0.6 is 15.9 Å². The predicted octanol–water partition coefficient (Wildman–Crippen LogP) is 3.00. The zero-order valence-corrected chi connectivity index (χ0v) is 10.8. The Balaban J connectivity index is 1.74. The number of carbonyl (C=O) groups excluding carboxylic acids is 1. The average Bonchev–Trinajstić information content (AvgIpc) is 2.74. The number of alkyl halides is 1. The number of carbonyl (C=O) groups is 1. The number of halogens is 1.